The van der Waals surface area contributed by atoms with Gasteiger partial charge in [-0.3, -0.25) is 4.98 Å². The summed E-state index contributed by atoms with van der Waals surface area (Å²) in [6.07, 6.45) is 0.519. The highest BCUT2D eigenvalue weighted by Crippen LogP contribution is 2.37. The van der Waals surface area contributed by atoms with Crippen LogP contribution < -0.4 is 11.1 Å². The van der Waals surface area contributed by atoms with Gasteiger partial charge in [0.1, 0.15) is 19.5 Å². The second-order valence-electron chi connectivity index (χ2n) is 8.51. The highest BCUT2D eigenvalue weighted by molar-refractivity contribution is 7.89. The number of aromatic nitrogens is 3. The number of nitrogens with zero attached hydrogens (tertiary/aromatic N) is 4. The number of nitrogens with two attached hydrogens (primary N) is 1. The average molecular weight is 528 g/mol. The van der Waals surface area contributed by atoms with Crippen molar-refractivity contribution < 1.29 is 21.6 Å². The summed E-state index contributed by atoms with van der Waals surface area (Å²) < 4.78 is 67.6. The number of rotatable bonds is 7. The van der Waals surface area contributed by atoms with Crippen molar-refractivity contribution >= 4 is 29.2 Å². The van der Waals surface area contributed by atoms with Gasteiger partial charge in [-0.1, -0.05) is 18.2 Å². The molecule has 2 radical (unpaired) electrons. The van der Waals surface area contributed by atoms with Crippen molar-refractivity contribution in [2.75, 3.05) is 18.4 Å². The monoisotopic (exact) mass is 528 g/mol. The van der Waals surface area contributed by atoms with Crippen molar-refractivity contribution in [2.24, 2.45) is 5.73 Å². The Hall–Kier alpha value is -3.45. The highest BCUT2D eigenvalue weighted by Gasteiger charge is 2.39. The van der Waals surface area contributed by atoms with E-state index in [4.69, 9.17) is 13.6 Å². The number of hydrogen-bond donors (Lipinski definition) is 2. The Bertz CT molecular complexity index is 1380. The molecule has 1 fully saturated rings. The van der Waals surface area contributed by atoms with E-state index in [1.807, 2.05) is 12.1 Å². The molecule has 0 atom stereocenters. The molecule has 2 aromatic heterocycles. The number of nitrogens with one attached hydrogen (secondary N) is 1. The van der Waals surface area contributed by atoms with Gasteiger partial charge in [-0.25, -0.2) is 18.4 Å². The molecule has 8 nitrogen and oxygen atoms in total. The second kappa shape index (κ2) is 10.9. The van der Waals surface area contributed by atoms with E-state index in [0.717, 1.165) is 22.0 Å². The predicted molar refractivity (Wildman–Crippen MR) is 134 cm³/mol. The second-order valence-corrected chi connectivity index (χ2v) is 10.4. The first-order valence-electron chi connectivity index (χ1n) is 11.5. The summed E-state index contributed by atoms with van der Waals surface area (Å²) in [7, 11) is 1.62. The molecular formula is C24H24BF3N6O2S. The number of alkyl halides is 3. The van der Waals surface area contributed by atoms with Crippen molar-refractivity contribution in [3.63, 3.8) is 0 Å². The number of halogens is 3. The molecule has 0 aliphatic carbocycles. The Labute approximate surface area is 214 Å². The number of sulfonamides is 1. The topological polar surface area (TPSA) is 114 Å². The molecule has 4 rings (SSSR count). The first-order valence-corrected chi connectivity index (χ1v) is 12.9. The number of benzene rings is 1. The zero-order chi connectivity index (χ0) is 26.6. The maximum atomic E-state index is 13.4. The van der Waals surface area contributed by atoms with E-state index in [-0.39, 0.29) is 30.3 Å². The van der Waals surface area contributed by atoms with Crippen molar-refractivity contribution in [3.05, 3.63) is 83.7 Å². The summed E-state index contributed by atoms with van der Waals surface area (Å²) in [5, 5.41) is 3.21. The normalized spacial score (nSPS) is 16.0. The van der Waals surface area contributed by atoms with E-state index < -0.39 is 26.7 Å². The Morgan fingerprint density at radius 2 is 1.89 bits per heavy atom. The average Bonchev–Trinajstić information content (AvgIpc) is 2.91. The third-order valence-corrected chi connectivity index (χ3v) is 8.02. The van der Waals surface area contributed by atoms with Gasteiger partial charge in [0, 0.05) is 49.7 Å². The number of piperidine rings is 1. The van der Waals surface area contributed by atoms with Gasteiger partial charge in [0.15, 0.2) is 0 Å². The first-order chi connectivity index (χ1) is 17.6. The van der Waals surface area contributed by atoms with Gasteiger partial charge < -0.3 is 11.1 Å². The number of pyridine rings is 1. The van der Waals surface area contributed by atoms with Crippen LogP contribution in [0.2, 0.25) is 0 Å². The van der Waals surface area contributed by atoms with Crippen LogP contribution in [0, 0.1) is 0 Å². The zero-order valence-electron chi connectivity index (χ0n) is 19.7. The van der Waals surface area contributed by atoms with Gasteiger partial charge in [-0.2, -0.15) is 17.5 Å². The van der Waals surface area contributed by atoms with Crippen molar-refractivity contribution in [2.45, 2.75) is 36.4 Å². The minimum absolute atomic E-state index is 0.0409. The van der Waals surface area contributed by atoms with Gasteiger partial charge in [-0.15, -0.1) is 0 Å². The van der Waals surface area contributed by atoms with Crippen LogP contribution in [0.4, 0.5) is 19.0 Å². The fourth-order valence-corrected chi connectivity index (χ4v) is 5.80. The molecule has 192 valence electrons. The summed E-state index contributed by atoms with van der Waals surface area (Å²) in [6.45, 7) is 0.531. The van der Waals surface area contributed by atoms with Crippen LogP contribution in [-0.2, 0) is 22.7 Å². The molecule has 37 heavy (non-hydrogen) atoms. The standard InChI is InChI=1S/C24H24BF3N6O2S/c25-19(13-29)23-32-20(12-22(33-23)31-15-16-4-3-9-30-14-16)17-7-10-34(11-8-17)37(35,36)21-6-2-1-5-18(21)24(26,27)28/h1-6,9,12-14,17H,7-8,10-11,15,29H2,(H,31,32,33). The van der Waals surface area contributed by atoms with E-state index in [9.17, 15) is 21.6 Å². The van der Waals surface area contributed by atoms with Crippen LogP contribution in [0.1, 0.15) is 41.4 Å². The molecule has 0 saturated carbocycles. The molecule has 1 saturated heterocycles. The van der Waals surface area contributed by atoms with E-state index in [1.54, 1.807) is 18.5 Å². The molecule has 0 amide bonds. The predicted octanol–water partition coefficient (Wildman–Crippen LogP) is 3.50. The van der Waals surface area contributed by atoms with Crippen LogP contribution in [0.3, 0.4) is 0 Å². The lowest BCUT2D eigenvalue weighted by Gasteiger charge is -2.31. The van der Waals surface area contributed by atoms with Crippen LogP contribution >= 0.6 is 0 Å². The fraction of sp³-hybridized carbons (Fsp3) is 0.292. The fourth-order valence-electron chi connectivity index (χ4n) is 4.12. The maximum Gasteiger partial charge on any atom is 0.417 e. The largest absolute Gasteiger partial charge is 0.417 e. The van der Waals surface area contributed by atoms with Gasteiger partial charge in [0.05, 0.1) is 10.5 Å². The lowest BCUT2D eigenvalue weighted by atomic mass is 9.92. The van der Waals surface area contributed by atoms with Crippen LogP contribution in [-0.4, -0.2) is 48.6 Å². The van der Waals surface area contributed by atoms with Crippen molar-refractivity contribution in [1.82, 2.24) is 19.3 Å². The summed E-state index contributed by atoms with van der Waals surface area (Å²) in [6, 6.07) is 9.70. The molecular weight excluding hydrogens is 504 g/mol. The maximum absolute atomic E-state index is 13.4. The van der Waals surface area contributed by atoms with Gasteiger partial charge >= 0.3 is 6.18 Å². The smallest absolute Gasteiger partial charge is 0.405 e. The van der Waals surface area contributed by atoms with Crippen LogP contribution in [0.25, 0.3) is 5.47 Å². The molecule has 1 aliphatic rings. The van der Waals surface area contributed by atoms with Gasteiger partial charge in [-0.05, 0) is 48.3 Å². The molecule has 1 aromatic carbocycles. The number of hydrogen-bond acceptors (Lipinski definition) is 7. The third kappa shape index (κ3) is 6.11. The van der Waals surface area contributed by atoms with Crippen LogP contribution in [0.15, 0.2) is 66.0 Å². The van der Waals surface area contributed by atoms with E-state index >= 15 is 0 Å². The molecule has 0 spiro atoms. The van der Waals surface area contributed by atoms with Crippen molar-refractivity contribution in [1.29, 1.82) is 0 Å². The summed E-state index contributed by atoms with van der Waals surface area (Å²) in [5.41, 5.74) is 6.13. The van der Waals surface area contributed by atoms with E-state index in [2.05, 4.69) is 20.3 Å². The minimum Gasteiger partial charge on any atom is -0.405 e. The molecule has 3 N–H and O–H groups in total. The molecule has 3 aromatic rings. The summed E-state index contributed by atoms with van der Waals surface area (Å²) in [4.78, 5) is 12.3. The minimum atomic E-state index is -4.78. The molecule has 13 heteroatoms. The summed E-state index contributed by atoms with van der Waals surface area (Å²) >= 11 is 0. The first kappa shape index (κ1) is 26.6. The molecule has 0 unspecified atom stereocenters. The van der Waals surface area contributed by atoms with E-state index in [0.29, 0.717) is 30.9 Å². The molecule has 0 bridgehead atoms. The van der Waals surface area contributed by atoms with Gasteiger partial charge in [0.25, 0.3) is 0 Å². The SMILES string of the molecule is [B]C(=CN)c1nc(NCc2cccnc2)cc(C2CCN(S(=O)(=O)c3ccccc3C(F)(F)F)CC2)n1. The molecule has 3 heterocycles. The molecule has 1 aliphatic heterocycles. The highest BCUT2D eigenvalue weighted by atomic mass is 32.2. The van der Waals surface area contributed by atoms with Crippen molar-refractivity contribution in [3.8, 4) is 0 Å². The quantitative estimate of drug-likeness (QED) is 0.452. The summed E-state index contributed by atoms with van der Waals surface area (Å²) in [5.74, 6) is 0.571. The zero-order valence-corrected chi connectivity index (χ0v) is 20.5. The van der Waals surface area contributed by atoms with Crippen LogP contribution in [0.5, 0.6) is 0 Å². The Kier molecular flexibility index (Phi) is 7.83. The number of anilines is 1. The lowest BCUT2D eigenvalue weighted by Crippen LogP contribution is -2.38. The third-order valence-electron chi connectivity index (χ3n) is 6.06. The Balaban J connectivity index is 1.54. The lowest BCUT2D eigenvalue weighted by molar-refractivity contribution is -0.139. The Morgan fingerprint density at radius 1 is 1.16 bits per heavy atom. The van der Waals surface area contributed by atoms with E-state index in [1.165, 1.54) is 18.3 Å². The van der Waals surface area contributed by atoms with Gasteiger partial charge in [0.2, 0.25) is 10.0 Å². The Morgan fingerprint density at radius 3 is 2.54 bits per heavy atom.